The van der Waals surface area contributed by atoms with E-state index in [9.17, 15) is 9.59 Å². The van der Waals surface area contributed by atoms with Gasteiger partial charge in [0.2, 0.25) is 11.8 Å². The van der Waals surface area contributed by atoms with Crippen LogP contribution in [0, 0.1) is 11.3 Å². The van der Waals surface area contributed by atoms with E-state index in [1.54, 1.807) is 0 Å². The predicted octanol–water partition coefficient (Wildman–Crippen LogP) is 1.79. The van der Waals surface area contributed by atoms with Crippen LogP contribution in [-0.2, 0) is 22.6 Å². The van der Waals surface area contributed by atoms with Crippen LogP contribution in [0.3, 0.4) is 0 Å². The molecule has 0 unspecified atom stereocenters. The molecule has 6 nitrogen and oxygen atoms in total. The Morgan fingerprint density at radius 2 is 1.83 bits per heavy atom. The van der Waals surface area contributed by atoms with Gasteiger partial charge >= 0.3 is 0 Å². The lowest BCUT2D eigenvalue weighted by atomic mass is 9.73. The van der Waals surface area contributed by atoms with Crippen molar-refractivity contribution in [3.05, 3.63) is 35.4 Å². The summed E-state index contributed by atoms with van der Waals surface area (Å²) in [5, 5.41) is 6.15. The van der Waals surface area contributed by atoms with Crippen molar-refractivity contribution in [2.75, 3.05) is 45.8 Å². The first kappa shape index (κ1) is 21.3. The molecular formula is C24H36N4O2. The molecule has 0 saturated carbocycles. The fraction of sp³-hybridized carbons (Fsp3) is 0.667. The van der Waals surface area contributed by atoms with Crippen molar-refractivity contribution >= 4 is 11.8 Å². The maximum Gasteiger partial charge on any atom is 0.242 e. The Balaban J connectivity index is 1.45. The number of hydrogen-bond acceptors (Lipinski definition) is 4. The van der Waals surface area contributed by atoms with Gasteiger partial charge in [-0.2, -0.15) is 0 Å². The fourth-order valence-electron chi connectivity index (χ4n) is 5.47. The molecule has 0 bridgehead atoms. The van der Waals surface area contributed by atoms with E-state index in [1.165, 1.54) is 37.4 Å². The quantitative estimate of drug-likeness (QED) is 0.791. The van der Waals surface area contributed by atoms with E-state index in [1.807, 2.05) is 4.90 Å². The fourth-order valence-corrected chi connectivity index (χ4v) is 5.47. The SMILES string of the molecule is CC(=O)NCC(=O)N1Cc2ccccc2CC2(CCN(CC3CCNCC3)CC2)C1. The van der Waals surface area contributed by atoms with Crippen molar-refractivity contribution in [3.63, 3.8) is 0 Å². The Labute approximate surface area is 180 Å². The molecule has 3 aliphatic heterocycles. The Kier molecular flexibility index (Phi) is 6.74. The molecule has 2 fully saturated rings. The highest BCUT2D eigenvalue weighted by Crippen LogP contribution is 2.40. The highest BCUT2D eigenvalue weighted by molar-refractivity contribution is 5.83. The lowest BCUT2D eigenvalue weighted by Crippen LogP contribution is -2.50. The van der Waals surface area contributed by atoms with Gasteiger partial charge in [0.15, 0.2) is 0 Å². The van der Waals surface area contributed by atoms with Crippen LogP contribution in [-0.4, -0.2) is 67.4 Å². The zero-order valence-corrected chi connectivity index (χ0v) is 18.3. The highest BCUT2D eigenvalue weighted by atomic mass is 16.2. The Hall–Kier alpha value is -1.92. The van der Waals surface area contributed by atoms with Crippen LogP contribution in [0.1, 0.15) is 43.7 Å². The van der Waals surface area contributed by atoms with Crippen molar-refractivity contribution < 1.29 is 9.59 Å². The van der Waals surface area contributed by atoms with E-state index in [-0.39, 0.29) is 23.8 Å². The van der Waals surface area contributed by atoms with Gasteiger partial charge in [0.25, 0.3) is 0 Å². The van der Waals surface area contributed by atoms with Gasteiger partial charge in [-0.1, -0.05) is 24.3 Å². The molecule has 4 rings (SSSR count). The van der Waals surface area contributed by atoms with Gasteiger partial charge in [-0.25, -0.2) is 0 Å². The number of amides is 2. The minimum atomic E-state index is -0.153. The molecule has 0 radical (unpaired) electrons. The number of piperidine rings is 2. The number of rotatable bonds is 4. The van der Waals surface area contributed by atoms with E-state index in [0.29, 0.717) is 6.54 Å². The maximum atomic E-state index is 12.9. The Morgan fingerprint density at radius 3 is 2.53 bits per heavy atom. The molecule has 0 aromatic heterocycles. The Morgan fingerprint density at radius 1 is 1.13 bits per heavy atom. The third kappa shape index (κ3) is 5.22. The smallest absolute Gasteiger partial charge is 0.242 e. The molecule has 1 aromatic carbocycles. The monoisotopic (exact) mass is 412 g/mol. The second kappa shape index (κ2) is 9.48. The van der Waals surface area contributed by atoms with Crippen molar-refractivity contribution in [2.45, 2.75) is 45.6 Å². The first-order chi connectivity index (χ1) is 14.5. The predicted molar refractivity (Wildman–Crippen MR) is 118 cm³/mol. The molecular weight excluding hydrogens is 376 g/mol. The zero-order valence-electron chi connectivity index (χ0n) is 18.3. The molecule has 164 valence electrons. The second-order valence-corrected chi connectivity index (χ2v) is 9.60. The van der Waals surface area contributed by atoms with Crippen LogP contribution in [0.2, 0.25) is 0 Å². The summed E-state index contributed by atoms with van der Waals surface area (Å²) in [6.07, 6.45) is 5.90. The lowest BCUT2D eigenvalue weighted by molar-refractivity contribution is -0.134. The molecule has 0 atom stereocenters. The molecule has 2 amide bonds. The van der Waals surface area contributed by atoms with Crippen LogP contribution in [0.25, 0.3) is 0 Å². The summed E-state index contributed by atoms with van der Waals surface area (Å²) in [4.78, 5) is 28.9. The van der Waals surface area contributed by atoms with E-state index >= 15 is 0 Å². The molecule has 6 heteroatoms. The van der Waals surface area contributed by atoms with Crippen molar-refractivity contribution in [2.24, 2.45) is 11.3 Å². The maximum absolute atomic E-state index is 12.9. The number of carbonyl (C=O) groups excluding carboxylic acids is 2. The largest absolute Gasteiger partial charge is 0.347 e. The number of hydrogen-bond donors (Lipinski definition) is 2. The molecule has 3 aliphatic rings. The highest BCUT2D eigenvalue weighted by Gasteiger charge is 2.40. The molecule has 2 N–H and O–H groups in total. The minimum absolute atomic E-state index is 0.0263. The first-order valence-corrected chi connectivity index (χ1v) is 11.6. The molecule has 30 heavy (non-hydrogen) atoms. The molecule has 2 saturated heterocycles. The van der Waals surface area contributed by atoms with Crippen molar-refractivity contribution in [3.8, 4) is 0 Å². The van der Waals surface area contributed by atoms with Gasteiger partial charge in [-0.3, -0.25) is 9.59 Å². The van der Waals surface area contributed by atoms with Crippen LogP contribution < -0.4 is 10.6 Å². The number of carbonyl (C=O) groups is 2. The van der Waals surface area contributed by atoms with Gasteiger partial charge in [-0.05, 0) is 80.7 Å². The Bertz CT molecular complexity index is 751. The van der Waals surface area contributed by atoms with E-state index in [2.05, 4.69) is 39.8 Å². The summed E-state index contributed by atoms with van der Waals surface area (Å²) < 4.78 is 0. The van der Waals surface area contributed by atoms with Gasteiger partial charge in [0.05, 0.1) is 6.54 Å². The third-order valence-corrected chi connectivity index (χ3v) is 7.30. The average Bonchev–Trinajstić information content (AvgIpc) is 2.91. The number of benzene rings is 1. The summed E-state index contributed by atoms with van der Waals surface area (Å²) in [6.45, 7) is 8.78. The van der Waals surface area contributed by atoms with Crippen LogP contribution in [0.4, 0.5) is 0 Å². The van der Waals surface area contributed by atoms with Crippen molar-refractivity contribution in [1.29, 1.82) is 0 Å². The number of nitrogens with zero attached hydrogens (tertiary/aromatic N) is 2. The summed E-state index contributed by atoms with van der Waals surface area (Å²) in [6, 6.07) is 8.57. The number of likely N-dealkylation sites (tertiary alicyclic amines) is 1. The summed E-state index contributed by atoms with van der Waals surface area (Å²) in [7, 11) is 0. The third-order valence-electron chi connectivity index (χ3n) is 7.30. The van der Waals surface area contributed by atoms with E-state index < -0.39 is 0 Å². The standard InChI is InChI=1S/C24H36N4O2/c1-19(29)26-15-23(30)28-17-22-5-3-2-4-21(22)14-24(18-28)8-12-27(13-9-24)16-20-6-10-25-11-7-20/h2-5,20,25H,6-18H2,1H3,(H,26,29). The summed E-state index contributed by atoms with van der Waals surface area (Å²) in [5.74, 6) is 0.698. The van der Waals surface area contributed by atoms with Gasteiger partial charge in [-0.15, -0.1) is 0 Å². The summed E-state index contributed by atoms with van der Waals surface area (Å²) >= 11 is 0. The molecule has 1 spiro atoms. The number of fused-ring (bicyclic) bond motifs is 1. The number of nitrogens with one attached hydrogen (secondary N) is 2. The average molecular weight is 413 g/mol. The van der Waals surface area contributed by atoms with Crippen molar-refractivity contribution in [1.82, 2.24) is 20.4 Å². The topological polar surface area (TPSA) is 64.7 Å². The van der Waals surface area contributed by atoms with Gasteiger partial charge in [0, 0.05) is 26.6 Å². The summed E-state index contributed by atoms with van der Waals surface area (Å²) in [5.41, 5.74) is 2.78. The van der Waals surface area contributed by atoms with Gasteiger partial charge < -0.3 is 20.4 Å². The van der Waals surface area contributed by atoms with Crippen LogP contribution in [0.5, 0.6) is 0 Å². The second-order valence-electron chi connectivity index (χ2n) is 9.60. The van der Waals surface area contributed by atoms with E-state index in [4.69, 9.17) is 0 Å². The lowest BCUT2D eigenvalue weighted by Gasteiger charge is -2.44. The molecule has 1 aromatic rings. The molecule has 0 aliphatic carbocycles. The minimum Gasteiger partial charge on any atom is -0.347 e. The van der Waals surface area contributed by atoms with E-state index in [0.717, 1.165) is 57.9 Å². The molecule has 3 heterocycles. The zero-order chi connectivity index (χ0) is 21.0. The van der Waals surface area contributed by atoms with Gasteiger partial charge in [0.1, 0.15) is 0 Å². The first-order valence-electron chi connectivity index (χ1n) is 11.6. The normalized spacial score (nSPS) is 22.4. The van der Waals surface area contributed by atoms with Crippen LogP contribution in [0.15, 0.2) is 24.3 Å². The van der Waals surface area contributed by atoms with Crippen LogP contribution >= 0.6 is 0 Å².